The van der Waals surface area contributed by atoms with E-state index in [1.807, 2.05) is 13.0 Å². The second-order valence-electron chi connectivity index (χ2n) is 5.11. The van der Waals surface area contributed by atoms with Crippen molar-refractivity contribution in [3.63, 3.8) is 0 Å². The fourth-order valence-electron chi connectivity index (χ4n) is 1.95. The number of sulfonamides is 1. The van der Waals surface area contributed by atoms with Crippen LogP contribution >= 0.6 is 0 Å². The van der Waals surface area contributed by atoms with Crippen molar-refractivity contribution in [3.8, 4) is 11.8 Å². The van der Waals surface area contributed by atoms with Crippen LogP contribution in [0.25, 0.3) is 0 Å². The number of aryl methyl sites for hydroxylation is 1. The van der Waals surface area contributed by atoms with Crippen LogP contribution in [-0.2, 0) is 14.8 Å². The van der Waals surface area contributed by atoms with E-state index in [-0.39, 0.29) is 6.54 Å². The first-order valence-corrected chi connectivity index (χ1v) is 7.56. The number of nitrogens with zero attached hydrogens (tertiary/aromatic N) is 1. The molecule has 5 nitrogen and oxygen atoms in total. The number of carbonyl (C=O) groups is 1. The molecule has 1 amide bonds. The Morgan fingerprint density at radius 3 is 2.55 bits per heavy atom. The molecule has 0 atom stereocenters. The summed E-state index contributed by atoms with van der Waals surface area (Å²) in [5.74, 6) is 5.03. The number of hydrogen-bond donors (Lipinski definition) is 1. The first-order chi connectivity index (χ1) is 9.23. The molecule has 1 aromatic carbocycles. The highest BCUT2D eigenvalue weighted by molar-refractivity contribution is 7.98. The van der Waals surface area contributed by atoms with Gasteiger partial charge in [0.1, 0.15) is 0 Å². The van der Waals surface area contributed by atoms with Crippen molar-refractivity contribution in [1.82, 2.24) is 0 Å². The standard InChI is InChI=1S/C14H16N2O3S/c1-10-6-7-11(5-4-8-15)12(9-10)16-13(17)14(2,3)20(16,18)19/h6-7,9H,8,15H2,1-3H3. The van der Waals surface area contributed by atoms with Crippen LogP contribution in [0.2, 0.25) is 0 Å². The highest BCUT2D eigenvalue weighted by Gasteiger charge is 2.61. The summed E-state index contributed by atoms with van der Waals surface area (Å²) in [6.45, 7) is 4.80. The van der Waals surface area contributed by atoms with Gasteiger partial charge < -0.3 is 5.73 Å². The zero-order chi connectivity index (χ0) is 15.1. The van der Waals surface area contributed by atoms with Crippen LogP contribution < -0.4 is 10.0 Å². The molecule has 1 saturated heterocycles. The van der Waals surface area contributed by atoms with Gasteiger partial charge in [-0.25, -0.2) is 12.7 Å². The number of carbonyl (C=O) groups excluding carboxylic acids is 1. The topological polar surface area (TPSA) is 80.5 Å². The van der Waals surface area contributed by atoms with E-state index in [0.29, 0.717) is 11.3 Å². The van der Waals surface area contributed by atoms with Gasteiger partial charge in [-0.2, -0.15) is 0 Å². The van der Waals surface area contributed by atoms with E-state index in [2.05, 4.69) is 11.8 Å². The van der Waals surface area contributed by atoms with Crippen molar-refractivity contribution in [2.45, 2.75) is 25.5 Å². The number of amides is 1. The van der Waals surface area contributed by atoms with Crippen LogP contribution in [0.15, 0.2) is 18.2 Å². The summed E-state index contributed by atoms with van der Waals surface area (Å²) in [5, 5.41) is 0. The predicted molar refractivity (Wildman–Crippen MR) is 77.6 cm³/mol. The normalized spacial score (nSPS) is 19.0. The van der Waals surface area contributed by atoms with Crippen LogP contribution in [0.4, 0.5) is 5.69 Å². The molecule has 0 saturated carbocycles. The summed E-state index contributed by atoms with van der Waals surface area (Å²) in [6, 6.07) is 5.15. The first kappa shape index (κ1) is 14.6. The molecule has 1 fully saturated rings. The van der Waals surface area contributed by atoms with Gasteiger partial charge in [0.2, 0.25) is 0 Å². The van der Waals surface area contributed by atoms with E-state index in [4.69, 9.17) is 5.73 Å². The summed E-state index contributed by atoms with van der Waals surface area (Å²) in [5.41, 5.74) is 6.96. The molecule has 0 radical (unpaired) electrons. The van der Waals surface area contributed by atoms with Crippen LogP contribution in [0, 0.1) is 18.8 Å². The maximum Gasteiger partial charge on any atom is 0.263 e. The average Bonchev–Trinajstić information content (AvgIpc) is 2.37. The van der Waals surface area contributed by atoms with Gasteiger partial charge in [-0.1, -0.05) is 17.9 Å². The van der Waals surface area contributed by atoms with Gasteiger partial charge in [-0.3, -0.25) is 4.79 Å². The maximum absolute atomic E-state index is 12.3. The van der Waals surface area contributed by atoms with E-state index >= 15 is 0 Å². The summed E-state index contributed by atoms with van der Waals surface area (Å²) >= 11 is 0. The largest absolute Gasteiger partial charge is 0.320 e. The number of anilines is 1. The molecule has 0 aliphatic carbocycles. The minimum absolute atomic E-state index is 0.166. The molecule has 1 aromatic rings. The molecule has 0 bridgehead atoms. The van der Waals surface area contributed by atoms with Crippen molar-refractivity contribution in [2.75, 3.05) is 10.8 Å². The Morgan fingerprint density at radius 1 is 1.35 bits per heavy atom. The number of nitrogens with two attached hydrogens (primary N) is 1. The Morgan fingerprint density at radius 2 is 2.00 bits per heavy atom. The van der Waals surface area contributed by atoms with Gasteiger partial charge in [-0.05, 0) is 38.5 Å². The summed E-state index contributed by atoms with van der Waals surface area (Å²) in [6.07, 6.45) is 0. The third kappa shape index (κ3) is 1.90. The van der Waals surface area contributed by atoms with E-state index in [1.165, 1.54) is 13.8 Å². The second-order valence-corrected chi connectivity index (χ2v) is 7.45. The number of benzene rings is 1. The lowest BCUT2D eigenvalue weighted by molar-refractivity contribution is -0.120. The molecule has 0 aromatic heterocycles. The number of hydrogen-bond acceptors (Lipinski definition) is 4. The Labute approximate surface area is 118 Å². The van der Waals surface area contributed by atoms with Gasteiger partial charge in [0.25, 0.3) is 15.9 Å². The maximum atomic E-state index is 12.3. The molecule has 0 spiro atoms. The van der Waals surface area contributed by atoms with Crippen LogP contribution in [0.5, 0.6) is 0 Å². The second kappa shape index (κ2) is 4.62. The van der Waals surface area contributed by atoms with E-state index in [1.54, 1.807) is 12.1 Å². The first-order valence-electron chi connectivity index (χ1n) is 6.12. The lowest BCUT2D eigenvalue weighted by Crippen LogP contribution is -2.67. The lowest BCUT2D eigenvalue weighted by atomic mass is 10.1. The molecule has 20 heavy (non-hydrogen) atoms. The van der Waals surface area contributed by atoms with Crippen molar-refractivity contribution in [1.29, 1.82) is 0 Å². The minimum atomic E-state index is -3.68. The van der Waals surface area contributed by atoms with E-state index < -0.39 is 20.7 Å². The van der Waals surface area contributed by atoms with Crippen LogP contribution in [0.1, 0.15) is 25.0 Å². The summed E-state index contributed by atoms with van der Waals surface area (Å²) in [4.78, 5) is 12.1. The molecular formula is C14H16N2O3S. The predicted octanol–water partition coefficient (Wildman–Crippen LogP) is 0.760. The highest BCUT2D eigenvalue weighted by Crippen LogP contribution is 2.40. The molecular weight excluding hydrogens is 276 g/mol. The van der Waals surface area contributed by atoms with Gasteiger partial charge >= 0.3 is 0 Å². The molecule has 1 heterocycles. The Hall–Kier alpha value is -1.84. The molecule has 2 rings (SSSR count). The summed E-state index contributed by atoms with van der Waals surface area (Å²) in [7, 11) is -3.68. The van der Waals surface area contributed by atoms with Gasteiger partial charge in [0.05, 0.1) is 12.2 Å². The quantitative estimate of drug-likeness (QED) is 0.775. The third-order valence-corrected chi connectivity index (χ3v) is 5.59. The SMILES string of the molecule is Cc1ccc(C#CCN)c(N2C(=O)C(C)(C)S2(=O)=O)c1. The van der Waals surface area contributed by atoms with Crippen molar-refractivity contribution >= 4 is 21.6 Å². The molecule has 106 valence electrons. The minimum Gasteiger partial charge on any atom is -0.320 e. The molecule has 6 heteroatoms. The average molecular weight is 292 g/mol. The Kier molecular flexibility index (Phi) is 3.36. The summed E-state index contributed by atoms with van der Waals surface area (Å²) < 4.78 is 24.0. The zero-order valence-corrected chi connectivity index (χ0v) is 12.4. The van der Waals surface area contributed by atoms with E-state index in [0.717, 1.165) is 9.87 Å². The van der Waals surface area contributed by atoms with Crippen LogP contribution in [-0.4, -0.2) is 25.6 Å². The molecule has 0 unspecified atom stereocenters. The molecule has 1 aliphatic rings. The lowest BCUT2D eigenvalue weighted by Gasteiger charge is -2.43. The highest BCUT2D eigenvalue weighted by atomic mass is 32.2. The van der Waals surface area contributed by atoms with Crippen molar-refractivity contribution in [2.24, 2.45) is 5.73 Å². The monoisotopic (exact) mass is 292 g/mol. The number of rotatable bonds is 1. The Balaban J connectivity index is 2.60. The van der Waals surface area contributed by atoms with Gasteiger partial charge in [0.15, 0.2) is 4.75 Å². The Bertz CT molecular complexity index is 739. The van der Waals surface area contributed by atoms with Gasteiger partial charge in [-0.15, -0.1) is 0 Å². The third-order valence-electron chi connectivity index (χ3n) is 3.28. The zero-order valence-electron chi connectivity index (χ0n) is 11.6. The van der Waals surface area contributed by atoms with Crippen molar-refractivity contribution in [3.05, 3.63) is 29.3 Å². The van der Waals surface area contributed by atoms with Gasteiger partial charge in [0, 0.05) is 5.56 Å². The van der Waals surface area contributed by atoms with E-state index in [9.17, 15) is 13.2 Å². The molecule has 2 N–H and O–H groups in total. The fraction of sp³-hybridized carbons (Fsp3) is 0.357. The fourth-order valence-corrected chi connectivity index (χ4v) is 3.45. The smallest absolute Gasteiger partial charge is 0.263 e. The van der Waals surface area contributed by atoms with Crippen LogP contribution in [0.3, 0.4) is 0 Å². The molecule has 1 aliphatic heterocycles. The van der Waals surface area contributed by atoms with Crippen molar-refractivity contribution < 1.29 is 13.2 Å².